The average Bonchev–Trinajstić information content (AvgIpc) is 3.15. The molecule has 1 aliphatic rings. The first-order valence-corrected chi connectivity index (χ1v) is 6.29. The van der Waals surface area contributed by atoms with E-state index in [9.17, 15) is 0 Å². The lowest BCUT2D eigenvalue weighted by Crippen LogP contribution is -2.14. The van der Waals surface area contributed by atoms with Crippen LogP contribution in [0.5, 0.6) is 5.75 Å². The summed E-state index contributed by atoms with van der Waals surface area (Å²) in [7, 11) is 1.63. The third-order valence-corrected chi connectivity index (χ3v) is 3.31. The molecule has 1 atom stereocenters. The fourth-order valence-corrected chi connectivity index (χ4v) is 2.22. The number of rotatable bonds is 6. The maximum absolute atomic E-state index is 6.26. The van der Waals surface area contributed by atoms with Gasteiger partial charge < -0.3 is 15.2 Å². The Kier molecular flexibility index (Phi) is 4.26. The highest BCUT2D eigenvalue weighted by Gasteiger charge is 2.34. The van der Waals surface area contributed by atoms with E-state index in [1.165, 1.54) is 12.8 Å². The first kappa shape index (κ1) is 12.7. The van der Waals surface area contributed by atoms with Gasteiger partial charge in [-0.25, -0.2) is 0 Å². The van der Waals surface area contributed by atoms with Gasteiger partial charge in [0.2, 0.25) is 0 Å². The van der Waals surface area contributed by atoms with Gasteiger partial charge >= 0.3 is 0 Å². The Morgan fingerprint density at radius 3 is 2.76 bits per heavy atom. The minimum Gasteiger partial charge on any atom is -0.497 e. The van der Waals surface area contributed by atoms with Crippen LogP contribution in [-0.2, 0) is 4.74 Å². The molecular weight excluding hydrogens is 238 g/mol. The fraction of sp³-hybridized carbons (Fsp3) is 0.538. The minimum absolute atomic E-state index is 0.0805. The molecule has 0 aromatic heterocycles. The Bertz CT molecular complexity index is 380. The van der Waals surface area contributed by atoms with Gasteiger partial charge in [0.15, 0.2) is 0 Å². The van der Waals surface area contributed by atoms with E-state index in [0.29, 0.717) is 24.1 Å². The Morgan fingerprint density at radius 2 is 2.24 bits per heavy atom. The summed E-state index contributed by atoms with van der Waals surface area (Å²) in [4.78, 5) is 0. The topological polar surface area (TPSA) is 44.5 Å². The third kappa shape index (κ3) is 3.12. The Morgan fingerprint density at radius 1 is 1.47 bits per heavy atom. The Hall–Kier alpha value is -0.770. The van der Waals surface area contributed by atoms with Crippen molar-refractivity contribution in [1.29, 1.82) is 0 Å². The molecule has 0 aliphatic heterocycles. The van der Waals surface area contributed by atoms with Crippen molar-refractivity contribution in [2.24, 2.45) is 11.7 Å². The normalized spacial score (nSPS) is 16.9. The fourth-order valence-electron chi connectivity index (χ4n) is 1.94. The molecule has 94 valence electrons. The van der Waals surface area contributed by atoms with Gasteiger partial charge in [0.25, 0.3) is 0 Å². The van der Waals surface area contributed by atoms with Crippen molar-refractivity contribution in [2.45, 2.75) is 18.9 Å². The van der Waals surface area contributed by atoms with E-state index in [-0.39, 0.29) is 6.10 Å². The molecule has 1 aliphatic carbocycles. The zero-order valence-electron chi connectivity index (χ0n) is 9.99. The summed E-state index contributed by atoms with van der Waals surface area (Å²) in [5.74, 6) is 1.36. The number of halogens is 1. The summed E-state index contributed by atoms with van der Waals surface area (Å²) < 4.78 is 10.9. The smallest absolute Gasteiger partial charge is 0.120 e. The molecule has 0 bridgehead atoms. The molecule has 0 saturated heterocycles. The molecule has 17 heavy (non-hydrogen) atoms. The molecule has 3 nitrogen and oxygen atoms in total. The van der Waals surface area contributed by atoms with Gasteiger partial charge in [-0.15, -0.1) is 0 Å². The van der Waals surface area contributed by atoms with Crippen LogP contribution in [0.2, 0.25) is 5.02 Å². The van der Waals surface area contributed by atoms with Crippen LogP contribution in [-0.4, -0.2) is 20.3 Å². The van der Waals surface area contributed by atoms with Gasteiger partial charge in [-0.3, -0.25) is 0 Å². The van der Waals surface area contributed by atoms with Crippen LogP contribution < -0.4 is 10.5 Å². The van der Waals surface area contributed by atoms with E-state index in [0.717, 1.165) is 11.3 Å². The molecule has 1 aromatic carbocycles. The first-order valence-electron chi connectivity index (χ1n) is 5.91. The highest BCUT2D eigenvalue weighted by Crippen LogP contribution is 2.45. The van der Waals surface area contributed by atoms with Gasteiger partial charge in [0, 0.05) is 6.54 Å². The molecule has 1 unspecified atom stereocenters. The summed E-state index contributed by atoms with van der Waals surface area (Å²) in [6.45, 7) is 1.11. The average molecular weight is 256 g/mol. The minimum atomic E-state index is 0.0805. The number of nitrogens with two attached hydrogens (primary N) is 1. The van der Waals surface area contributed by atoms with Crippen molar-refractivity contribution >= 4 is 11.6 Å². The molecule has 1 saturated carbocycles. The van der Waals surface area contributed by atoms with E-state index in [1.54, 1.807) is 7.11 Å². The van der Waals surface area contributed by atoms with Gasteiger partial charge in [0.05, 0.1) is 24.8 Å². The quantitative estimate of drug-likeness (QED) is 0.850. The number of hydrogen-bond acceptors (Lipinski definition) is 3. The standard InChI is InChI=1S/C13H18ClNO2/c1-16-10-4-5-11(12(14)8-10)13(9-2-3-9)17-7-6-15/h4-5,8-9,13H,2-3,6-7,15H2,1H3. The van der Waals surface area contributed by atoms with Crippen molar-refractivity contribution in [3.63, 3.8) is 0 Å². The first-order chi connectivity index (χ1) is 8.26. The second kappa shape index (κ2) is 5.71. The molecule has 1 aromatic rings. The van der Waals surface area contributed by atoms with Crippen LogP contribution >= 0.6 is 11.6 Å². The molecule has 0 radical (unpaired) electrons. The van der Waals surface area contributed by atoms with E-state index in [1.807, 2.05) is 18.2 Å². The van der Waals surface area contributed by atoms with Crippen LogP contribution in [0.25, 0.3) is 0 Å². The molecule has 0 heterocycles. The SMILES string of the molecule is COc1ccc(C(OCCN)C2CC2)c(Cl)c1. The van der Waals surface area contributed by atoms with Crippen LogP contribution in [0, 0.1) is 5.92 Å². The zero-order valence-corrected chi connectivity index (χ0v) is 10.7. The monoisotopic (exact) mass is 255 g/mol. The van der Waals surface area contributed by atoms with Crippen LogP contribution in [0.4, 0.5) is 0 Å². The lowest BCUT2D eigenvalue weighted by Gasteiger charge is -2.19. The van der Waals surface area contributed by atoms with Crippen molar-refractivity contribution in [3.05, 3.63) is 28.8 Å². The number of ether oxygens (including phenoxy) is 2. The highest BCUT2D eigenvalue weighted by molar-refractivity contribution is 6.31. The van der Waals surface area contributed by atoms with E-state index in [2.05, 4.69) is 0 Å². The lowest BCUT2D eigenvalue weighted by molar-refractivity contribution is 0.0425. The summed E-state index contributed by atoms with van der Waals surface area (Å²) in [6.07, 6.45) is 2.49. The highest BCUT2D eigenvalue weighted by atomic mass is 35.5. The number of methoxy groups -OCH3 is 1. The van der Waals surface area contributed by atoms with Gasteiger partial charge in [0.1, 0.15) is 5.75 Å². The molecule has 0 amide bonds. The molecule has 2 N–H and O–H groups in total. The number of hydrogen-bond donors (Lipinski definition) is 1. The van der Waals surface area contributed by atoms with Gasteiger partial charge in [-0.2, -0.15) is 0 Å². The van der Waals surface area contributed by atoms with E-state index < -0.39 is 0 Å². The van der Waals surface area contributed by atoms with Crippen molar-refractivity contribution < 1.29 is 9.47 Å². The van der Waals surface area contributed by atoms with Crippen LogP contribution in [0.3, 0.4) is 0 Å². The second-order valence-corrected chi connectivity index (χ2v) is 4.71. The largest absolute Gasteiger partial charge is 0.497 e. The summed E-state index contributed by atoms with van der Waals surface area (Å²) in [5.41, 5.74) is 6.53. The summed E-state index contributed by atoms with van der Waals surface area (Å²) >= 11 is 6.26. The van der Waals surface area contributed by atoms with Gasteiger partial charge in [-0.05, 0) is 36.5 Å². The van der Waals surface area contributed by atoms with Crippen molar-refractivity contribution in [1.82, 2.24) is 0 Å². The summed E-state index contributed by atoms with van der Waals surface area (Å²) in [6, 6.07) is 5.74. The zero-order chi connectivity index (χ0) is 12.3. The Balaban J connectivity index is 2.16. The van der Waals surface area contributed by atoms with Gasteiger partial charge in [-0.1, -0.05) is 17.7 Å². The van der Waals surface area contributed by atoms with Crippen LogP contribution in [0.1, 0.15) is 24.5 Å². The summed E-state index contributed by atoms with van der Waals surface area (Å²) in [5, 5.41) is 0.707. The predicted octanol–water partition coefficient (Wildman–Crippen LogP) is 2.78. The third-order valence-electron chi connectivity index (χ3n) is 2.98. The van der Waals surface area contributed by atoms with Crippen molar-refractivity contribution in [2.75, 3.05) is 20.3 Å². The molecule has 1 fully saturated rings. The molecule has 0 spiro atoms. The van der Waals surface area contributed by atoms with E-state index in [4.69, 9.17) is 26.8 Å². The maximum Gasteiger partial charge on any atom is 0.120 e. The van der Waals surface area contributed by atoms with Crippen molar-refractivity contribution in [3.8, 4) is 5.75 Å². The van der Waals surface area contributed by atoms with E-state index >= 15 is 0 Å². The Labute approximate surface area is 107 Å². The molecular formula is C13H18ClNO2. The lowest BCUT2D eigenvalue weighted by atomic mass is 10.0. The number of benzene rings is 1. The van der Waals surface area contributed by atoms with Crippen LogP contribution in [0.15, 0.2) is 18.2 Å². The maximum atomic E-state index is 6.26. The predicted molar refractivity (Wildman–Crippen MR) is 68.5 cm³/mol. The second-order valence-electron chi connectivity index (χ2n) is 4.30. The molecule has 2 rings (SSSR count). The molecule has 4 heteroatoms.